The van der Waals surface area contributed by atoms with Gasteiger partial charge in [-0.1, -0.05) is 53.5 Å². The molecule has 1 aliphatic heterocycles. The molecule has 0 amide bonds. The van der Waals surface area contributed by atoms with Crippen LogP contribution in [0.5, 0.6) is 0 Å². The molecule has 0 radical (unpaired) electrons. The number of rotatable bonds is 4. The Morgan fingerprint density at radius 3 is 2.85 bits per heavy atom. The number of hydrogen-bond acceptors (Lipinski definition) is 6. The summed E-state index contributed by atoms with van der Waals surface area (Å²) in [5, 5.41) is 9.21. The zero-order valence-corrected chi connectivity index (χ0v) is 15.0. The van der Waals surface area contributed by atoms with E-state index in [9.17, 15) is 0 Å². The summed E-state index contributed by atoms with van der Waals surface area (Å²) in [4.78, 5) is 9.28. The maximum atomic E-state index is 5.57. The van der Waals surface area contributed by atoms with Gasteiger partial charge in [-0.2, -0.15) is 0 Å². The largest absolute Gasteiger partial charge is 0.374 e. The second-order valence-corrected chi connectivity index (χ2v) is 7.14. The molecule has 3 aromatic rings. The van der Waals surface area contributed by atoms with Crippen molar-refractivity contribution in [2.24, 2.45) is 4.99 Å². The van der Waals surface area contributed by atoms with Crippen molar-refractivity contribution < 1.29 is 0 Å². The fourth-order valence-electron chi connectivity index (χ4n) is 2.82. The lowest BCUT2D eigenvalue weighted by molar-refractivity contribution is 0.943. The smallest absolute Gasteiger partial charge is 0.203 e. The summed E-state index contributed by atoms with van der Waals surface area (Å²) in [6, 6.07) is 12.4. The van der Waals surface area contributed by atoms with Crippen LogP contribution in [0.1, 0.15) is 28.2 Å². The maximum Gasteiger partial charge on any atom is 0.203 e. The minimum Gasteiger partial charge on any atom is -0.374 e. The maximum absolute atomic E-state index is 5.57. The van der Waals surface area contributed by atoms with Crippen LogP contribution in [0, 0.1) is 11.8 Å². The third kappa shape index (κ3) is 3.95. The van der Waals surface area contributed by atoms with Crippen LogP contribution in [0.2, 0.25) is 0 Å². The van der Waals surface area contributed by atoms with Crippen LogP contribution in [0.25, 0.3) is 0 Å². The van der Waals surface area contributed by atoms with Crippen LogP contribution >= 0.6 is 11.3 Å². The molecule has 6 heteroatoms. The highest BCUT2D eigenvalue weighted by Gasteiger charge is 2.16. The molecule has 4 rings (SSSR count). The zero-order valence-electron chi connectivity index (χ0n) is 14.1. The number of hydrogen-bond donors (Lipinski definition) is 1. The molecular formula is C20H17N5S. The Morgan fingerprint density at radius 2 is 2.04 bits per heavy atom. The molecule has 0 fully saturated rings. The zero-order chi connectivity index (χ0) is 17.8. The number of fused-ring (bicyclic) bond motifs is 1. The quantitative estimate of drug-likeness (QED) is 0.725. The SMILES string of the molecule is Nc1nnc(CCC#Cc2cnc3c(c2)N=C(Cc2ccccc2)C3)s1. The number of nitrogens with two attached hydrogens (primary N) is 1. The third-order valence-corrected chi connectivity index (χ3v) is 4.84. The lowest BCUT2D eigenvalue weighted by atomic mass is 10.1. The van der Waals surface area contributed by atoms with Crippen molar-refractivity contribution >= 4 is 27.9 Å². The van der Waals surface area contributed by atoms with E-state index in [4.69, 9.17) is 10.7 Å². The molecule has 2 aromatic heterocycles. The molecule has 0 bridgehead atoms. The van der Waals surface area contributed by atoms with Crippen LogP contribution in [0.4, 0.5) is 10.8 Å². The van der Waals surface area contributed by atoms with Gasteiger partial charge in [0.1, 0.15) is 5.01 Å². The van der Waals surface area contributed by atoms with Gasteiger partial charge in [-0.05, 0) is 11.6 Å². The Morgan fingerprint density at radius 1 is 1.15 bits per heavy atom. The fourth-order valence-corrected chi connectivity index (χ4v) is 3.43. The summed E-state index contributed by atoms with van der Waals surface area (Å²) in [7, 11) is 0. The van der Waals surface area contributed by atoms with E-state index in [0.717, 1.165) is 46.9 Å². The number of aliphatic imine (C=N–C) groups is 1. The summed E-state index contributed by atoms with van der Waals surface area (Å²) in [5.41, 5.74) is 10.9. The van der Waals surface area contributed by atoms with E-state index in [1.807, 2.05) is 18.3 Å². The number of anilines is 1. The van der Waals surface area contributed by atoms with Crippen LogP contribution in [-0.2, 0) is 19.3 Å². The van der Waals surface area contributed by atoms with Gasteiger partial charge < -0.3 is 5.73 Å². The molecule has 128 valence electrons. The van der Waals surface area contributed by atoms with Crippen molar-refractivity contribution in [1.82, 2.24) is 15.2 Å². The molecule has 1 aromatic carbocycles. The first-order chi connectivity index (χ1) is 12.8. The van der Waals surface area contributed by atoms with Gasteiger partial charge in [0.25, 0.3) is 0 Å². The molecule has 0 spiro atoms. The van der Waals surface area contributed by atoms with E-state index >= 15 is 0 Å². The Bertz CT molecular complexity index is 1010. The second kappa shape index (κ2) is 7.46. The first-order valence-corrected chi connectivity index (χ1v) is 9.24. The summed E-state index contributed by atoms with van der Waals surface area (Å²) in [6.07, 6.45) is 4.99. The van der Waals surface area contributed by atoms with Crippen molar-refractivity contribution in [3.63, 3.8) is 0 Å². The highest BCUT2D eigenvalue weighted by molar-refractivity contribution is 7.15. The monoisotopic (exact) mass is 359 g/mol. The van der Waals surface area contributed by atoms with Gasteiger partial charge in [-0.15, -0.1) is 10.2 Å². The first-order valence-electron chi connectivity index (χ1n) is 8.42. The molecule has 1 aliphatic rings. The summed E-state index contributed by atoms with van der Waals surface area (Å²) in [5.74, 6) is 6.32. The highest BCUT2D eigenvalue weighted by Crippen LogP contribution is 2.26. The van der Waals surface area contributed by atoms with Crippen LogP contribution in [0.3, 0.4) is 0 Å². The minimum absolute atomic E-state index is 0.500. The second-order valence-electron chi connectivity index (χ2n) is 6.04. The van der Waals surface area contributed by atoms with Crippen molar-refractivity contribution in [2.75, 3.05) is 5.73 Å². The molecule has 0 saturated heterocycles. The summed E-state index contributed by atoms with van der Waals surface area (Å²) in [6.45, 7) is 0. The van der Waals surface area contributed by atoms with E-state index < -0.39 is 0 Å². The first kappa shape index (κ1) is 16.4. The van der Waals surface area contributed by atoms with Gasteiger partial charge in [0, 0.05) is 43.2 Å². The Labute approximate surface area is 156 Å². The van der Waals surface area contributed by atoms with Gasteiger partial charge in [-0.25, -0.2) is 0 Å². The number of aromatic nitrogens is 3. The Balaban J connectivity index is 1.40. The van der Waals surface area contributed by atoms with Crippen LogP contribution in [0.15, 0.2) is 47.6 Å². The number of nitrogen functional groups attached to an aromatic ring is 1. The number of benzene rings is 1. The molecule has 2 N–H and O–H groups in total. The molecule has 5 nitrogen and oxygen atoms in total. The molecule has 0 unspecified atom stereocenters. The topological polar surface area (TPSA) is 77.0 Å². The van der Waals surface area contributed by atoms with Gasteiger partial charge in [-0.3, -0.25) is 9.98 Å². The minimum atomic E-state index is 0.500. The number of pyridine rings is 1. The Hall–Kier alpha value is -3.04. The van der Waals surface area contributed by atoms with E-state index in [1.165, 1.54) is 16.9 Å². The number of aryl methyl sites for hydroxylation is 1. The summed E-state index contributed by atoms with van der Waals surface area (Å²) >= 11 is 1.41. The lowest BCUT2D eigenvalue weighted by Crippen LogP contribution is -2.03. The van der Waals surface area contributed by atoms with Gasteiger partial charge in [0.15, 0.2) is 0 Å². The average Bonchev–Trinajstić information content (AvgIpc) is 3.24. The average molecular weight is 359 g/mol. The van der Waals surface area contributed by atoms with Gasteiger partial charge >= 0.3 is 0 Å². The van der Waals surface area contributed by atoms with Gasteiger partial charge in [0.05, 0.1) is 11.4 Å². The molecule has 26 heavy (non-hydrogen) atoms. The van der Waals surface area contributed by atoms with Crippen molar-refractivity contribution in [3.8, 4) is 11.8 Å². The molecule has 0 saturated carbocycles. The van der Waals surface area contributed by atoms with E-state index in [-0.39, 0.29) is 0 Å². The van der Waals surface area contributed by atoms with Crippen molar-refractivity contribution in [1.29, 1.82) is 0 Å². The molecule has 0 atom stereocenters. The molecule has 0 aliphatic carbocycles. The fraction of sp³-hybridized carbons (Fsp3) is 0.200. The number of nitrogens with zero attached hydrogens (tertiary/aromatic N) is 4. The van der Waals surface area contributed by atoms with Crippen LogP contribution < -0.4 is 5.73 Å². The van der Waals surface area contributed by atoms with E-state index in [2.05, 4.69) is 51.3 Å². The van der Waals surface area contributed by atoms with Gasteiger partial charge in [0.2, 0.25) is 5.13 Å². The molecular weight excluding hydrogens is 342 g/mol. The van der Waals surface area contributed by atoms with Crippen LogP contribution in [-0.4, -0.2) is 20.9 Å². The normalized spacial score (nSPS) is 12.2. The predicted octanol–water partition coefficient (Wildman–Crippen LogP) is 3.37. The van der Waals surface area contributed by atoms with E-state index in [0.29, 0.717) is 11.6 Å². The predicted molar refractivity (Wildman–Crippen MR) is 105 cm³/mol. The lowest BCUT2D eigenvalue weighted by Gasteiger charge is -1.99. The third-order valence-electron chi connectivity index (χ3n) is 4.03. The van der Waals surface area contributed by atoms with Crippen molar-refractivity contribution in [3.05, 3.63) is 64.4 Å². The summed E-state index contributed by atoms with van der Waals surface area (Å²) < 4.78 is 0. The highest BCUT2D eigenvalue weighted by atomic mass is 32.1. The van der Waals surface area contributed by atoms with Crippen molar-refractivity contribution in [2.45, 2.75) is 25.7 Å². The Kier molecular flexibility index (Phi) is 4.71. The van der Waals surface area contributed by atoms with E-state index in [1.54, 1.807) is 0 Å². The standard InChI is InChI=1S/C20H17N5S/c21-20-25-24-19(26-20)9-5-4-8-15-11-18-17(22-13-15)12-16(23-18)10-14-6-2-1-3-7-14/h1-3,6-7,11,13H,5,9-10,12H2,(H2,21,25). The molecule has 3 heterocycles.